The lowest BCUT2D eigenvalue weighted by Gasteiger charge is -2.06. The van der Waals surface area contributed by atoms with Gasteiger partial charge in [-0.2, -0.15) is 11.8 Å². The molecule has 0 aliphatic carbocycles. The number of hydrogen-bond donors (Lipinski definition) is 1. The molecule has 0 bridgehead atoms. The van der Waals surface area contributed by atoms with Crippen LogP contribution in [0.2, 0.25) is 5.15 Å². The molecule has 4 heteroatoms. The normalized spacial score (nSPS) is 12.8. The number of thioether (sulfide) groups is 1. The van der Waals surface area contributed by atoms with E-state index in [9.17, 15) is 0 Å². The molecule has 0 saturated carbocycles. The first-order valence-electron chi connectivity index (χ1n) is 4.05. The van der Waals surface area contributed by atoms with Gasteiger partial charge in [-0.1, -0.05) is 18.5 Å². The van der Waals surface area contributed by atoms with Crippen molar-refractivity contribution in [1.82, 2.24) is 4.98 Å². The Labute approximate surface area is 87.3 Å². The number of rotatable bonds is 4. The summed E-state index contributed by atoms with van der Waals surface area (Å²) in [7, 11) is 0. The Morgan fingerprint density at radius 1 is 1.69 bits per heavy atom. The molecule has 0 amide bonds. The van der Waals surface area contributed by atoms with Crippen LogP contribution in [0, 0.1) is 0 Å². The molecule has 1 rings (SSSR count). The van der Waals surface area contributed by atoms with E-state index in [1.54, 1.807) is 18.0 Å². The van der Waals surface area contributed by atoms with Crippen molar-refractivity contribution in [3.63, 3.8) is 0 Å². The van der Waals surface area contributed by atoms with Crippen LogP contribution in [0.25, 0.3) is 0 Å². The van der Waals surface area contributed by atoms with Crippen molar-refractivity contribution in [3.8, 4) is 0 Å². The second kappa shape index (κ2) is 5.47. The molecule has 0 saturated heterocycles. The number of halogens is 1. The summed E-state index contributed by atoms with van der Waals surface area (Å²) >= 11 is 7.43. The summed E-state index contributed by atoms with van der Waals surface area (Å²) in [5.41, 5.74) is 1.14. The Kier molecular flexibility index (Phi) is 4.56. The van der Waals surface area contributed by atoms with Crippen LogP contribution >= 0.6 is 23.4 Å². The third-order valence-corrected chi connectivity index (χ3v) is 3.01. The smallest absolute Gasteiger partial charge is 0.129 e. The second-order valence-corrected chi connectivity index (χ2v) is 4.61. The predicted octanol–water partition coefficient (Wildman–Crippen LogP) is 2.35. The first-order chi connectivity index (χ1) is 6.22. The molecule has 0 aliphatic rings. The lowest BCUT2D eigenvalue weighted by Crippen LogP contribution is -2.02. The number of pyridine rings is 1. The van der Waals surface area contributed by atoms with E-state index >= 15 is 0 Å². The van der Waals surface area contributed by atoms with E-state index in [-0.39, 0.29) is 11.9 Å². The fraction of sp³-hybridized carbons (Fsp3) is 0.444. The lowest BCUT2D eigenvalue weighted by atomic mass is 10.3. The fourth-order valence-corrected chi connectivity index (χ4v) is 1.78. The van der Waals surface area contributed by atoms with Crippen LogP contribution in [0.3, 0.4) is 0 Å². The van der Waals surface area contributed by atoms with Crippen molar-refractivity contribution in [1.29, 1.82) is 0 Å². The van der Waals surface area contributed by atoms with Crippen LogP contribution in [-0.4, -0.2) is 21.9 Å². The van der Waals surface area contributed by atoms with Crippen molar-refractivity contribution < 1.29 is 5.11 Å². The highest BCUT2D eigenvalue weighted by Gasteiger charge is 2.01. The number of hydrogen-bond acceptors (Lipinski definition) is 3. The fourth-order valence-electron chi connectivity index (χ4n) is 0.824. The average Bonchev–Trinajstić information content (AvgIpc) is 2.14. The van der Waals surface area contributed by atoms with Gasteiger partial charge in [-0.05, 0) is 17.7 Å². The van der Waals surface area contributed by atoms with Crippen LogP contribution in [0.4, 0.5) is 0 Å². The van der Waals surface area contributed by atoms with Crippen LogP contribution in [0.1, 0.15) is 12.5 Å². The lowest BCUT2D eigenvalue weighted by molar-refractivity contribution is 0.300. The molecule has 13 heavy (non-hydrogen) atoms. The highest BCUT2D eigenvalue weighted by molar-refractivity contribution is 7.99. The third-order valence-electron chi connectivity index (χ3n) is 1.58. The molecule has 1 atom stereocenters. The molecule has 1 N–H and O–H groups in total. The van der Waals surface area contributed by atoms with Crippen molar-refractivity contribution in [2.75, 3.05) is 6.61 Å². The molecule has 1 aromatic rings. The largest absolute Gasteiger partial charge is 0.395 e. The van der Waals surface area contributed by atoms with Gasteiger partial charge in [0.2, 0.25) is 0 Å². The van der Waals surface area contributed by atoms with Crippen molar-refractivity contribution in [2.45, 2.75) is 17.9 Å². The molecule has 0 aliphatic heterocycles. The minimum absolute atomic E-state index is 0.212. The van der Waals surface area contributed by atoms with Gasteiger partial charge in [0, 0.05) is 17.2 Å². The van der Waals surface area contributed by atoms with Gasteiger partial charge in [0.25, 0.3) is 0 Å². The maximum Gasteiger partial charge on any atom is 0.129 e. The van der Waals surface area contributed by atoms with Gasteiger partial charge in [-0.15, -0.1) is 0 Å². The predicted molar refractivity (Wildman–Crippen MR) is 57.1 cm³/mol. The highest BCUT2D eigenvalue weighted by atomic mass is 35.5. The summed E-state index contributed by atoms with van der Waals surface area (Å²) in [6.45, 7) is 2.21. The van der Waals surface area contributed by atoms with Crippen LogP contribution < -0.4 is 0 Å². The Morgan fingerprint density at radius 3 is 3.08 bits per heavy atom. The minimum Gasteiger partial charge on any atom is -0.395 e. The minimum atomic E-state index is 0.212. The number of aliphatic hydroxyl groups is 1. The maximum atomic E-state index is 8.81. The first-order valence-corrected chi connectivity index (χ1v) is 5.48. The zero-order valence-corrected chi connectivity index (χ0v) is 8.98. The summed E-state index contributed by atoms with van der Waals surface area (Å²) in [4.78, 5) is 3.89. The van der Waals surface area contributed by atoms with Crippen LogP contribution in [0.5, 0.6) is 0 Å². The zero-order valence-electron chi connectivity index (χ0n) is 7.40. The van der Waals surface area contributed by atoms with E-state index in [1.165, 1.54) is 0 Å². The average molecular weight is 218 g/mol. The molecule has 0 unspecified atom stereocenters. The van der Waals surface area contributed by atoms with E-state index in [1.807, 2.05) is 19.1 Å². The zero-order chi connectivity index (χ0) is 9.68. The van der Waals surface area contributed by atoms with E-state index in [0.29, 0.717) is 5.15 Å². The summed E-state index contributed by atoms with van der Waals surface area (Å²) < 4.78 is 0. The van der Waals surface area contributed by atoms with Gasteiger partial charge in [0.15, 0.2) is 0 Å². The van der Waals surface area contributed by atoms with Gasteiger partial charge >= 0.3 is 0 Å². The monoisotopic (exact) mass is 217 g/mol. The van der Waals surface area contributed by atoms with Gasteiger partial charge in [-0.3, -0.25) is 0 Å². The molecule has 1 aromatic heterocycles. The van der Waals surface area contributed by atoms with Gasteiger partial charge in [0.1, 0.15) is 5.15 Å². The molecule has 0 aromatic carbocycles. The van der Waals surface area contributed by atoms with Crippen LogP contribution in [0.15, 0.2) is 18.3 Å². The Morgan fingerprint density at radius 2 is 2.46 bits per heavy atom. The summed E-state index contributed by atoms with van der Waals surface area (Å²) in [5, 5.41) is 9.60. The second-order valence-electron chi connectivity index (χ2n) is 2.79. The Bertz CT molecular complexity index is 270. The topological polar surface area (TPSA) is 33.1 Å². The van der Waals surface area contributed by atoms with E-state index in [4.69, 9.17) is 16.7 Å². The Hall–Kier alpha value is -0.250. The number of nitrogens with zero attached hydrogens (tertiary/aromatic N) is 1. The summed E-state index contributed by atoms with van der Waals surface area (Å²) in [6.07, 6.45) is 1.70. The maximum absolute atomic E-state index is 8.81. The molecular weight excluding hydrogens is 206 g/mol. The Balaban J connectivity index is 2.45. The molecule has 0 spiro atoms. The first kappa shape index (κ1) is 10.8. The highest BCUT2D eigenvalue weighted by Crippen LogP contribution is 2.18. The van der Waals surface area contributed by atoms with Crippen molar-refractivity contribution in [3.05, 3.63) is 29.0 Å². The number of aromatic nitrogens is 1. The molecule has 0 radical (unpaired) electrons. The van der Waals surface area contributed by atoms with Gasteiger partial charge in [0.05, 0.1) is 6.61 Å². The van der Waals surface area contributed by atoms with E-state index < -0.39 is 0 Å². The molecule has 2 nitrogen and oxygen atoms in total. The molecular formula is C9H12ClNOS. The standard InChI is InChI=1S/C9H12ClNOS/c1-7(5-12)13-6-8-2-3-11-9(10)4-8/h2-4,7,12H,5-6H2,1H3/t7-/m0/s1. The third kappa shape index (κ3) is 3.98. The molecule has 1 heterocycles. The van der Waals surface area contributed by atoms with Crippen molar-refractivity contribution in [2.24, 2.45) is 0 Å². The van der Waals surface area contributed by atoms with Gasteiger partial charge < -0.3 is 5.11 Å². The van der Waals surface area contributed by atoms with Crippen molar-refractivity contribution >= 4 is 23.4 Å². The van der Waals surface area contributed by atoms with E-state index in [0.717, 1.165) is 11.3 Å². The SMILES string of the molecule is C[C@@H](CO)SCc1ccnc(Cl)c1. The van der Waals surface area contributed by atoms with Gasteiger partial charge in [-0.25, -0.2) is 4.98 Å². The van der Waals surface area contributed by atoms with Crippen LogP contribution in [-0.2, 0) is 5.75 Å². The van der Waals surface area contributed by atoms with E-state index in [2.05, 4.69) is 4.98 Å². The summed E-state index contributed by atoms with van der Waals surface area (Å²) in [5.74, 6) is 0.865. The number of aliphatic hydroxyl groups excluding tert-OH is 1. The molecule has 0 fully saturated rings. The summed E-state index contributed by atoms with van der Waals surface area (Å²) in [6, 6.07) is 3.78. The molecule has 72 valence electrons. The quantitative estimate of drug-likeness (QED) is 0.787.